The van der Waals surface area contributed by atoms with Crippen LogP contribution in [0.25, 0.3) is 0 Å². The van der Waals surface area contributed by atoms with Gasteiger partial charge in [0, 0.05) is 12.1 Å². The first-order valence-corrected chi connectivity index (χ1v) is 6.68. The number of hydrogen-bond donors (Lipinski definition) is 2. The molecule has 0 radical (unpaired) electrons. The molecule has 4 nitrogen and oxygen atoms in total. The predicted molar refractivity (Wildman–Crippen MR) is 68.8 cm³/mol. The van der Waals surface area contributed by atoms with Gasteiger partial charge in [0.1, 0.15) is 0 Å². The largest absolute Gasteiger partial charge is 0.350 e. The van der Waals surface area contributed by atoms with E-state index >= 15 is 0 Å². The van der Waals surface area contributed by atoms with E-state index in [0.717, 1.165) is 31.5 Å². The lowest BCUT2D eigenvalue weighted by molar-refractivity contribution is -0.124. The van der Waals surface area contributed by atoms with Crippen LogP contribution in [0.2, 0.25) is 0 Å². The molecular formula is C13H25N3O. The number of carbonyl (C=O) groups is 1. The van der Waals surface area contributed by atoms with E-state index in [1.54, 1.807) is 0 Å². The van der Waals surface area contributed by atoms with Crippen LogP contribution >= 0.6 is 0 Å². The third-order valence-corrected chi connectivity index (χ3v) is 3.67. The third kappa shape index (κ3) is 3.68. The molecule has 0 aromatic rings. The lowest BCUT2D eigenvalue weighted by Gasteiger charge is -2.34. The van der Waals surface area contributed by atoms with Gasteiger partial charge in [-0.2, -0.15) is 0 Å². The van der Waals surface area contributed by atoms with Gasteiger partial charge in [-0.25, -0.2) is 0 Å². The van der Waals surface area contributed by atoms with Crippen molar-refractivity contribution < 1.29 is 4.79 Å². The van der Waals surface area contributed by atoms with Crippen LogP contribution in [0.1, 0.15) is 27.2 Å². The lowest BCUT2D eigenvalue weighted by Crippen LogP contribution is -2.49. The summed E-state index contributed by atoms with van der Waals surface area (Å²) in [7, 11) is 0. The van der Waals surface area contributed by atoms with Gasteiger partial charge >= 0.3 is 0 Å². The van der Waals surface area contributed by atoms with Crippen molar-refractivity contribution >= 4 is 5.91 Å². The topological polar surface area (TPSA) is 44.4 Å². The molecule has 2 aliphatic rings. The first-order chi connectivity index (χ1) is 7.94. The van der Waals surface area contributed by atoms with Crippen LogP contribution in [-0.4, -0.2) is 49.1 Å². The molecule has 0 aromatic heterocycles. The van der Waals surface area contributed by atoms with E-state index in [1.807, 2.05) is 20.8 Å². The van der Waals surface area contributed by atoms with Crippen molar-refractivity contribution in [2.24, 2.45) is 11.8 Å². The van der Waals surface area contributed by atoms with Crippen molar-refractivity contribution in [3.05, 3.63) is 0 Å². The van der Waals surface area contributed by atoms with Crippen LogP contribution in [0, 0.1) is 11.8 Å². The molecule has 0 aromatic carbocycles. The molecule has 1 amide bonds. The van der Waals surface area contributed by atoms with Crippen LogP contribution in [0.5, 0.6) is 0 Å². The van der Waals surface area contributed by atoms with E-state index in [-0.39, 0.29) is 11.4 Å². The molecule has 0 bridgehead atoms. The fourth-order valence-corrected chi connectivity index (χ4v) is 2.91. The maximum Gasteiger partial charge on any atom is 0.234 e. The zero-order valence-electron chi connectivity index (χ0n) is 11.3. The summed E-state index contributed by atoms with van der Waals surface area (Å²) < 4.78 is 0. The van der Waals surface area contributed by atoms with E-state index in [0.29, 0.717) is 6.54 Å². The SMILES string of the molecule is CC(C)(C)NC(=O)CN1CCC2CNCC2C1. The van der Waals surface area contributed by atoms with Gasteiger partial charge in [0.05, 0.1) is 6.54 Å². The number of amides is 1. The van der Waals surface area contributed by atoms with E-state index < -0.39 is 0 Å². The minimum absolute atomic E-state index is 0.121. The molecular weight excluding hydrogens is 214 g/mol. The highest BCUT2D eigenvalue weighted by Crippen LogP contribution is 2.26. The highest BCUT2D eigenvalue weighted by atomic mass is 16.2. The Labute approximate surface area is 104 Å². The first kappa shape index (κ1) is 12.8. The zero-order valence-corrected chi connectivity index (χ0v) is 11.3. The molecule has 98 valence electrons. The molecule has 17 heavy (non-hydrogen) atoms. The first-order valence-electron chi connectivity index (χ1n) is 6.68. The average Bonchev–Trinajstić information content (AvgIpc) is 2.61. The minimum Gasteiger partial charge on any atom is -0.350 e. The number of hydrogen-bond acceptors (Lipinski definition) is 3. The Hall–Kier alpha value is -0.610. The predicted octanol–water partition coefficient (Wildman–Crippen LogP) is 0.442. The monoisotopic (exact) mass is 239 g/mol. The second-order valence-electron chi connectivity index (χ2n) is 6.50. The Balaban J connectivity index is 1.78. The van der Waals surface area contributed by atoms with Crippen molar-refractivity contribution in [1.82, 2.24) is 15.5 Å². The highest BCUT2D eigenvalue weighted by Gasteiger charge is 2.33. The summed E-state index contributed by atoms with van der Waals surface area (Å²) in [6, 6.07) is 0. The molecule has 2 atom stereocenters. The maximum absolute atomic E-state index is 11.9. The van der Waals surface area contributed by atoms with Gasteiger partial charge in [-0.05, 0) is 58.7 Å². The van der Waals surface area contributed by atoms with Gasteiger partial charge in [0.2, 0.25) is 5.91 Å². The number of nitrogens with zero attached hydrogens (tertiary/aromatic N) is 1. The molecule has 0 spiro atoms. The van der Waals surface area contributed by atoms with Crippen LogP contribution in [0.3, 0.4) is 0 Å². The Morgan fingerprint density at radius 3 is 2.76 bits per heavy atom. The van der Waals surface area contributed by atoms with Crippen LogP contribution in [0.15, 0.2) is 0 Å². The van der Waals surface area contributed by atoms with E-state index in [4.69, 9.17) is 0 Å². The number of rotatable bonds is 2. The smallest absolute Gasteiger partial charge is 0.234 e. The molecule has 2 aliphatic heterocycles. The molecule has 2 fully saturated rings. The number of carbonyl (C=O) groups excluding carboxylic acids is 1. The van der Waals surface area contributed by atoms with E-state index in [9.17, 15) is 4.79 Å². The van der Waals surface area contributed by atoms with Crippen molar-refractivity contribution in [2.45, 2.75) is 32.7 Å². The molecule has 0 aliphatic carbocycles. The van der Waals surface area contributed by atoms with Gasteiger partial charge in [0.15, 0.2) is 0 Å². The van der Waals surface area contributed by atoms with Crippen molar-refractivity contribution in [2.75, 3.05) is 32.7 Å². The Bertz CT molecular complexity index is 285. The van der Waals surface area contributed by atoms with Crippen molar-refractivity contribution in [1.29, 1.82) is 0 Å². The summed E-state index contributed by atoms with van der Waals surface area (Å²) in [5, 5.41) is 6.48. The molecule has 2 N–H and O–H groups in total. The number of piperidine rings is 1. The van der Waals surface area contributed by atoms with E-state index in [2.05, 4.69) is 15.5 Å². The number of fused-ring (bicyclic) bond motifs is 1. The van der Waals surface area contributed by atoms with Gasteiger partial charge < -0.3 is 10.6 Å². The Morgan fingerprint density at radius 1 is 1.35 bits per heavy atom. The molecule has 0 saturated carbocycles. The summed E-state index contributed by atoms with van der Waals surface area (Å²) in [5.41, 5.74) is -0.121. The second-order valence-corrected chi connectivity index (χ2v) is 6.50. The van der Waals surface area contributed by atoms with Gasteiger partial charge in [-0.3, -0.25) is 9.69 Å². The van der Waals surface area contributed by atoms with Crippen LogP contribution in [-0.2, 0) is 4.79 Å². The Morgan fingerprint density at radius 2 is 2.06 bits per heavy atom. The standard InChI is InChI=1S/C13H25N3O/c1-13(2,3)15-12(17)9-16-5-4-10-6-14-7-11(10)8-16/h10-11,14H,4-9H2,1-3H3,(H,15,17). The summed E-state index contributed by atoms with van der Waals surface area (Å²) in [5.74, 6) is 1.75. The highest BCUT2D eigenvalue weighted by molar-refractivity contribution is 5.78. The quantitative estimate of drug-likeness (QED) is 0.735. The molecule has 2 unspecified atom stereocenters. The van der Waals surface area contributed by atoms with E-state index in [1.165, 1.54) is 13.0 Å². The zero-order chi connectivity index (χ0) is 12.5. The van der Waals surface area contributed by atoms with Crippen molar-refractivity contribution in [3.63, 3.8) is 0 Å². The molecule has 2 heterocycles. The van der Waals surface area contributed by atoms with Crippen LogP contribution in [0.4, 0.5) is 0 Å². The number of nitrogens with one attached hydrogen (secondary N) is 2. The normalized spacial score (nSPS) is 30.1. The number of likely N-dealkylation sites (tertiary alicyclic amines) is 1. The summed E-state index contributed by atoms with van der Waals surface area (Å²) in [6.07, 6.45) is 1.24. The Kier molecular flexibility index (Phi) is 3.73. The fraction of sp³-hybridized carbons (Fsp3) is 0.923. The lowest BCUT2D eigenvalue weighted by atomic mass is 9.89. The summed E-state index contributed by atoms with van der Waals surface area (Å²) >= 11 is 0. The van der Waals surface area contributed by atoms with Gasteiger partial charge in [0.25, 0.3) is 0 Å². The van der Waals surface area contributed by atoms with Crippen molar-refractivity contribution in [3.8, 4) is 0 Å². The van der Waals surface area contributed by atoms with Crippen LogP contribution < -0.4 is 10.6 Å². The fourth-order valence-electron chi connectivity index (χ4n) is 2.91. The summed E-state index contributed by atoms with van der Waals surface area (Å²) in [6.45, 7) is 11.1. The molecule has 2 saturated heterocycles. The average molecular weight is 239 g/mol. The minimum atomic E-state index is -0.121. The maximum atomic E-state index is 11.9. The third-order valence-electron chi connectivity index (χ3n) is 3.67. The second kappa shape index (κ2) is 4.94. The molecule has 2 rings (SSSR count). The van der Waals surface area contributed by atoms with Gasteiger partial charge in [-0.15, -0.1) is 0 Å². The molecule has 4 heteroatoms. The summed E-state index contributed by atoms with van der Waals surface area (Å²) in [4.78, 5) is 14.2. The van der Waals surface area contributed by atoms with Gasteiger partial charge in [-0.1, -0.05) is 0 Å².